The lowest BCUT2D eigenvalue weighted by Crippen LogP contribution is -2.45. The van der Waals surface area contributed by atoms with Gasteiger partial charge in [0.1, 0.15) is 23.1 Å². The third-order valence-electron chi connectivity index (χ3n) is 3.30. The quantitative estimate of drug-likeness (QED) is 0.875. The van der Waals surface area contributed by atoms with E-state index in [1.807, 2.05) is 31.2 Å². The molecule has 0 fully saturated rings. The van der Waals surface area contributed by atoms with E-state index in [0.29, 0.717) is 18.9 Å². The summed E-state index contributed by atoms with van der Waals surface area (Å²) in [6.07, 6.45) is 0. The van der Waals surface area contributed by atoms with E-state index in [2.05, 4.69) is 4.98 Å². The monoisotopic (exact) mass is 304 g/mol. The molecule has 1 amide bonds. The second-order valence-electron chi connectivity index (χ2n) is 4.86. The number of nitrogens with zero attached hydrogens (tertiary/aromatic N) is 2. The molecule has 1 atom stereocenters. The van der Waals surface area contributed by atoms with Crippen LogP contribution in [0.15, 0.2) is 29.6 Å². The van der Waals surface area contributed by atoms with Gasteiger partial charge in [-0.05, 0) is 19.1 Å². The van der Waals surface area contributed by atoms with Crippen LogP contribution in [0.25, 0.3) is 0 Å². The first-order valence-electron chi connectivity index (χ1n) is 6.69. The Hall–Kier alpha value is -1.92. The maximum Gasteiger partial charge on any atom is 0.278 e. The molecule has 1 aliphatic rings. The molecule has 21 heavy (non-hydrogen) atoms. The zero-order valence-corrected chi connectivity index (χ0v) is 12.7. The number of hydrogen-bond acceptors (Lipinski definition) is 5. The zero-order chi connectivity index (χ0) is 14.8. The van der Waals surface area contributed by atoms with E-state index in [0.717, 1.165) is 16.4 Å². The van der Waals surface area contributed by atoms with Gasteiger partial charge >= 0.3 is 0 Å². The summed E-state index contributed by atoms with van der Waals surface area (Å²) >= 11 is 1.43. The summed E-state index contributed by atoms with van der Waals surface area (Å²) in [6.45, 7) is 2.88. The third kappa shape index (κ3) is 2.64. The van der Waals surface area contributed by atoms with Gasteiger partial charge in [-0.3, -0.25) is 9.69 Å². The molecule has 2 aromatic rings. The Morgan fingerprint density at radius 1 is 1.52 bits per heavy atom. The van der Waals surface area contributed by atoms with Crippen molar-refractivity contribution in [2.24, 2.45) is 0 Å². The number of benzene rings is 1. The number of carbonyl (C=O) groups excluding carboxylic acids is 1. The molecule has 0 radical (unpaired) electrons. The van der Waals surface area contributed by atoms with E-state index in [1.165, 1.54) is 11.3 Å². The number of thiazole rings is 1. The summed E-state index contributed by atoms with van der Waals surface area (Å²) in [5.74, 6) is 0.633. The van der Waals surface area contributed by atoms with Crippen LogP contribution in [0.4, 0.5) is 5.69 Å². The highest BCUT2D eigenvalue weighted by Gasteiger charge is 2.31. The smallest absolute Gasteiger partial charge is 0.278 e. The first-order valence-corrected chi connectivity index (χ1v) is 7.57. The number of hydrogen-bond donors (Lipinski definition) is 0. The van der Waals surface area contributed by atoms with Crippen molar-refractivity contribution in [1.29, 1.82) is 0 Å². The van der Waals surface area contributed by atoms with Crippen molar-refractivity contribution in [3.05, 3.63) is 40.3 Å². The molecule has 0 spiro atoms. The number of para-hydroxylation sites is 2. The van der Waals surface area contributed by atoms with Crippen LogP contribution in [0.3, 0.4) is 0 Å². The average Bonchev–Trinajstić information content (AvgIpc) is 2.96. The Bertz CT molecular complexity index is 656. The molecular weight excluding hydrogens is 288 g/mol. The van der Waals surface area contributed by atoms with Crippen molar-refractivity contribution in [2.75, 3.05) is 18.6 Å². The fraction of sp³-hybridized carbons (Fsp3) is 0.333. The van der Waals surface area contributed by atoms with Gasteiger partial charge in [-0.15, -0.1) is 11.3 Å². The van der Waals surface area contributed by atoms with E-state index >= 15 is 0 Å². The Morgan fingerprint density at radius 2 is 2.33 bits per heavy atom. The van der Waals surface area contributed by atoms with Crippen LogP contribution in [-0.4, -0.2) is 30.6 Å². The van der Waals surface area contributed by atoms with Gasteiger partial charge in [0.25, 0.3) is 5.91 Å². The molecule has 110 valence electrons. The molecule has 0 saturated carbocycles. The summed E-state index contributed by atoms with van der Waals surface area (Å²) in [5.41, 5.74) is 1.25. The van der Waals surface area contributed by atoms with E-state index in [1.54, 1.807) is 17.4 Å². The van der Waals surface area contributed by atoms with Crippen LogP contribution < -0.4 is 9.64 Å². The van der Waals surface area contributed by atoms with Gasteiger partial charge in [-0.1, -0.05) is 12.1 Å². The first-order chi connectivity index (χ1) is 10.2. The van der Waals surface area contributed by atoms with Crippen molar-refractivity contribution in [1.82, 2.24) is 4.98 Å². The fourth-order valence-electron chi connectivity index (χ4n) is 2.33. The predicted molar refractivity (Wildman–Crippen MR) is 81.0 cm³/mol. The van der Waals surface area contributed by atoms with Crippen molar-refractivity contribution >= 4 is 22.9 Å². The summed E-state index contributed by atoms with van der Waals surface area (Å²) in [7, 11) is 1.61. The standard InChI is InChI=1S/C15H16N2O3S/c1-10-7-20-13-6-4-3-5-12(13)17(10)15(18)11-9-21-14(16-11)8-19-2/h3-6,9-10H,7-8H2,1-2H3. The number of amides is 1. The van der Waals surface area contributed by atoms with Crippen molar-refractivity contribution in [3.63, 3.8) is 0 Å². The van der Waals surface area contributed by atoms with Gasteiger partial charge in [0, 0.05) is 12.5 Å². The number of anilines is 1. The molecule has 1 aromatic carbocycles. The Kier molecular flexibility index (Phi) is 3.90. The van der Waals surface area contributed by atoms with Crippen molar-refractivity contribution < 1.29 is 14.3 Å². The second-order valence-corrected chi connectivity index (χ2v) is 5.81. The molecule has 1 unspecified atom stereocenters. The normalized spacial score (nSPS) is 17.2. The predicted octanol–water partition coefficient (Wildman–Crippen LogP) is 2.72. The van der Waals surface area contributed by atoms with Crippen LogP contribution in [0.5, 0.6) is 5.75 Å². The Labute approximate surface area is 127 Å². The molecule has 3 rings (SSSR count). The highest BCUT2D eigenvalue weighted by Crippen LogP contribution is 2.34. The van der Waals surface area contributed by atoms with E-state index in [-0.39, 0.29) is 11.9 Å². The van der Waals surface area contributed by atoms with Crippen LogP contribution in [0.2, 0.25) is 0 Å². The minimum atomic E-state index is -0.100. The van der Waals surface area contributed by atoms with Crippen LogP contribution in [-0.2, 0) is 11.3 Å². The molecule has 0 saturated heterocycles. The third-order valence-corrected chi connectivity index (χ3v) is 4.13. The minimum absolute atomic E-state index is 0.0278. The molecule has 1 aromatic heterocycles. The highest BCUT2D eigenvalue weighted by molar-refractivity contribution is 7.09. The van der Waals surface area contributed by atoms with E-state index < -0.39 is 0 Å². The number of ether oxygens (including phenoxy) is 2. The van der Waals surface area contributed by atoms with E-state index in [4.69, 9.17) is 9.47 Å². The van der Waals surface area contributed by atoms with Crippen molar-refractivity contribution in [3.8, 4) is 5.75 Å². The molecule has 2 heterocycles. The maximum absolute atomic E-state index is 12.8. The lowest BCUT2D eigenvalue weighted by molar-refractivity contribution is 0.0956. The largest absolute Gasteiger partial charge is 0.489 e. The van der Waals surface area contributed by atoms with Gasteiger partial charge < -0.3 is 9.47 Å². The summed E-state index contributed by atoms with van der Waals surface area (Å²) < 4.78 is 10.7. The van der Waals surface area contributed by atoms with Crippen LogP contribution in [0.1, 0.15) is 22.4 Å². The Balaban J connectivity index is 1.92. The van der Waals surface area contributed by atoms with Gasteiger partial charge in [0.15, 0.2) is 0 Å². The Morgan fingerprint density at radius 3 is 3.14 bits per heavy atom. The average molecular weight is 304 g/mol. The number of carbonyl (C=O) groups is 1. The van der Waals surface area contributed by atoms with E-state index in [9.17, 15) is 4.79 Å². The van der Waals surface area contributed by atoms with Gasteiger partial charge in [0.05, 0.1) is 18.3 Å². The van der Waals surface area contributed by atoms with Gasteiger partial charge in [-0.2, -0.15) is 0 Å². The van der Waals surface area contributed by atoms with Crippen molar-refractivity contribution in [2.45, 2.75) is 19.6 Å². The molecule has 0 aliphatic carbocycles. The minimum Gasteiger partial charge on any atom is -0.489 e. The summed E-state index contributed by atoms with van der Waals surface area (Å²) in [5, 5.41) is 2.58. The lowest BCUT2D eigenvalue weighted by Gasteiger charge is -2.34. The molecule has 0 bridgehead atoms. The molecule has 0 N–H and O–H groups in total. The second kappa shape index (κ2) is 5.83. The molecule has 1 aliphatic heterocycles. The summed E-state index contributed by atoms with van der Waals surface area (Å²) in [4.78, 5) is 18.9. The highest BCUT2D eigenvalue weighted by atomic mass is 32.1. The number of methoxy groups -OCH3 is 1. The number of aromatic nitrogens is 1. The first kappa shape index (κ1) is 14.0. The summed E-state index contributed by atoms with van der Waals surface area (Å²) in [6, 6.07) is 7.54. The van der Waals surface area contributed by atoms with Crippen LogP contribution in [0, 0.1) is 0 Å². The zero-order valence-electron chi connectivity index (χ0n) is 11.9. The maximum atomic E-state index is 12.8. The lowest BCUT2D eigenvalue weighted by atomic mass is 10.1. The molecule has 5 nitrogen and oxygen atoms in total. The molecule has 6 heteroatoms. The van der Waals surface area contributed by atoms with Crippen LogP contribution >= 0.6 is 11.3 Å². The number of fused-ring (bicyclic) bond motifs is 1. The van der Waals surface area contributed by atoms with Gasteiger partial charge in [-0.25, -0.2) is 4.98 Å². The topological polar surface area (TPSA) is 51.7 Å². The van der Waals surface area contributed by atoms with Gasteiger partial charge in [0.2, 0.25) is 0 Å². The fourth-order valence-corrected chi connectivity index (χ4v) is 3.07. The SMILES string of the molecule is COCc1nc(C(=O)N2c3ccccc3OCC2C)cs1. The number of rotatable bonds is 3. The molecular formula is C15H16N2O3S.